The van der Waals surface area contributed by atoms with E-state index in [0.717, 1.165) is 0 Å². The van der Waals surface area contributed by atoms with Crippen LogP contribution in [0.3, 0.4) is 0 Å². The third-order valence-electron chi connectivity index (χ3n) is 3.07. The van der Waals surface area contributed by atoms with Crippen molar-refractivity contribution in [3.8, 4) is 0 Å². The number of rotatable bonds is 3. The van der Waals surface area contributed by atoms with Crippen molar-refractivity contribution in [3.05, 3.63) is 21.9 Å². The highest BCUT2D eigenvalue weighted by Crippen LogP contribution is 2.18. The van der Waals surface area contributed by atoms with E-state index >= 15 is 0 Å². The Bertz CT molecular complexity index is 370. The molecule has 3 nitrogen and oxygen atoms in total. The molecule has 3 N–H and O–H groups in total. The number of guanidine groups is 1. The van der Waals surface area contributed by atoms with E-state index < -0.39 is 0 Å². The number of thiophene rings is 1. The first kappa shape index (κ1) is 14.8. The minimum Gasteiger partial charge on any atom is -0.370 e. The summed E-state index contributed by atoms with van der Waals surface area (Å²) in [6.07, 6.45) is 5.09. The van der Waals surface area contributed by atoms with Crippen molar-refractivity contribution < 1.29 is 0 Å². The van der Waals surface area contributed by atoms with Gasteiger partial charge in [-0.25, -0.2) is 4.99 Å². The first-order chi connectivity index (χ1) is 7.75. The maximum absolute atomic E-state index is 5.86. The number of nitrogens with zero attached hydrogens (tertiary/aromatic N) is 1. The smallest absolute Gasteiger partial charge is 0.189 e. The Hall–Kier alpha value is -0.300. The molecular weight excluding hydrogens is 345 g/mol. The molecule has 1 heterocycles. The quantitative estimate of drug-likeness (QED) is 0.492. The summed E-state index contributed by atoms with van der Waals surface area (Å²) >= 11 is 1.74. The van der Waals surface area contributed by atoms with Gasteiger partial charge in [0.15, 0.2) is 5.96 Å². The van der Waals surface area contributed by atoms with Gasteiger partial charge in [0.2, 0.25) is 0 Å². The molecule has 5 heteroatoms. The molecule has 2 rings (SSSR count). The minimum atomic E-state index is 0. The summed E-state index contributed by atoms with van der Waals surface area (Å²) in [5.41, 5.74) is 7.17. The molecule has 1 aliphatic rings. The predicted molar refractivity (Wildman–Crippen MR) is 85.2 cm³/mol. The third kappa shape index (κ3) is 4.46. The second kappa shape index (κ2) is 7.20. The number of halogens is 1. The monoisotopic (exact) mass is 365 g/mol. The molecule has 17 heavy (non-hydrogen) atoms. The van der Waals surface area contributed by atoms with Crippen LogP contribution in [0.15, 0.2) is 16.4 Å². The Morgan fingerprint density at radius 3 is 2.82 bits per heavy atom. The zero-order valence-corrected chi connectivity index (χ0v) is 13.3. The maximum Gasteiger partial charge on any atom is 0.189 e. The van der Waals surface area contributed by atoms with Gasteiger partial charge in [-0.1, -0.05) is 12.8 Å². The Morgan fingerprint density at radius 1 is 1.53 bits per heavy atom. The highest BCUT2D eigenvalue weighted by molar-refractivity contribution is 14.0. The molecule has 0 saturated heterocycles. The maximum atomic E-state index is 5.86. The van der Waals surface area contributed by atoms with Crippen LogP contribution in [0, 0.1) is 6.92 Å². The highest BCUT2D eigenvalue weighted by Gasteiger charge is 2.14. The average molecular weight is 365 g/mol. The van der Waals surface area contributed by atoms with Gasteiger partial charge in [0.25, 0.3) is 0 Å². The standard InChI is InChI=1S/C12H19N3S.HI/c1-9-6-7-16-11(9)8-14-12(13)15-10-4-2-3-5-10;/h6-7,10H,2-5,8H2,1H3,(H3,13,14,15);1H. The van der Waals surface area contributed by atoms with Crippen LogP contribution < -0.4 is 11.1 Å². The van der Waals surface area contributed by atoms with Gasteiger partial charge in [0.05, 0.1) is 6.54 Å². The molecule has 1 saturated carbocycles. The Balaban J connectivity index is 0.00000144. The van der Waals surface area contributed by atoms with E-state index in [2.05, 4.69) is 28.7 Å². The number of aliphatic imine (C=N–C) groups is 1. The Labute approximate surface area is 124 Å². The van der Waals surface area contributed by atoms with E-state index in [1.165, 1.54) is 36.1 Å². The molecular formula is C12H20IN3S. The summed E-state index contributed by atoms with van der Waals surface area (Å²) in [5.74, 6) is 0.597. The van der Waals surface area contributed by atoms with Gasteiger partial charge in [-0.2, -0.15) is 0 Å². The first-order valence-corrected chi connectivity index (χ1v) is 6.73. The molecule has 0 bridgehead atoms. The number of hydrogen-bond donors (Lipinski definition) is 2. The normalized spacial score (nSPS) is 16.9. The summed E-state index contributed by atoms with van der Waals surface area (Å²) in [6, 6.07) is 2.67. The molecule has 1 aromatic heterocycles. The summed E-state index contributed by atoms with van der Waals surface area (Å²) in [7, 11) is 0. The lowest BCUT2D eigenvalue weighted by molar-refractivity contribution is 0.625. The fraction of sp³-hybridized carbons (Fsp3) is 0.583. The van der Waals surface area contributed by atoms with Crippen LogP contribution in [0.1, 0.15) is 36.1 Å². The van der Waals surface area contributed by atoms with Crippen molar-refractivity contribution in [1.82, 2.24) is 5.32 Å². The van der Waals surface area contributed by atoms with Crippen LogP contribution in [0.25, 0.3) is 0 Å². The van der Waals surface area contributed by atoms with Crippen LogP contribution in [0.4, 0.5) is 0 Å². The van der Waals surface area contributed by atoms with Gasteiger partial charge in [-0.15, -0.1) is 35.3 Å². The highest BCUT2D eigenvalue weighted by atomic mass is 127. The van der Waals surface area contributed by atoms with Gasteiger partial charge < -0.3 is 11.1 Å². The van der Waals surface area contributed by atoms with E-state index in [-0.39, 0.29) is 24.0 Å². The van der Waals surface area contributed by atoms with E-state index in [1.807, 2.05) is 0 Å². The lowest BCUT2D eigenvalue weighted by Crippen LogP contribution is -2.38. The Morgan fingerprint density at radius 2 is 2.24 bits per heavy atom. The largest absolute Gasteiger partial charge is 0.370 e. The fourth-order valence-electron chi connectivity index (χ4n) is 2.05. The average Bonchev–Trinajstić information content (AvgIpc) is 2.87. The topological polar surface area (TPSA) is 50.4 Å². The molecule has 1 fully saturated rings. The van der Waals surface area contributed by atoms with Gasteiger partial charge in [-0.05, 0) is 36.8 Å². The summed E-state index contributed by atoms with van der Waals surface area (Å²) in [6.45, 7) is 2.82. The van der Waals surface area contributed by atoms with Gasteiger partial charge in [0.1, 0.15) is 0 Å². The van der Waals surface area contributed by atoms with E-state index in [4.69, 9.17) is 5.73 Å². The molecule has 1 aromatic rings. The van der Waals surface area contributed by atoms with Crippen LogP contribution >= 0.6 is 35.3 Å². The summed E-state index contributed by atoms with van der Waals surface area (Å²) < 4.78 is 0. The van der Waals surface area contributed by atoms with E-state index in [9.17, 15) is 0 Å². The van der Waals surface area contributed by atoms with Crippen molar-refractivity contribution in [1.29, 1.82) is 0 Å². The predicted octanol–water partition coefficient (Wildman–Crippen LogP) is 3.02. The van der Waals surface area contributed by atoms with Crippen LogP contribution in [-0.4, -0.2) is 12.0 Å². The van der Waals surface area contributed by atoms with E-state index in [1.54, 1.807) is 11.3 Å². The van der Waals surface area contributed by atoms with Crippen molar-refractivity contribution >= 4 is 41.3 Å². The Kier molecular flexibility index (Phi) is 6.26. The number of nitrogens with two attached hydrogens (primary N) is 1. The van der Waals surface area contributed by atoms with Gasteiger partial charge in [-0.3, -0.25) is 0 Å². The van der Waals surface area contributed by atoms with Crippen molar-refractivity contribution in [3.63, 3.8) is 0 Å². The zero-order chi connectivity index (χ0) is 11.4. The summed E-state index contributed by atoms with van der Waals surface area (Å²) in [5, 5.41) is 5.39. The number of hydrogen-bond acceptors (Lipinski definition) is 2. The fourth-order valence-corrected chi connectivity index (χ4v) is 2.88. The molecule has 0 unspecified atom stereocenters. The number of nitrogens with one attached hydrogen (secondary N) is 1. The SMILES string of the molecule is Cc1ccsc1CN=C(N)NC1CCCC1.I. The molecule has 96 valence electrons. The second-order valence-electron chi connectivity index (χ2n) is 4.35. The van der Waals surface area contributed by atoms with Crippen molar-refractivity contribution in [2.24, 2.45) is 10.7 Å². The minimum absolute atomic E-state index is 0. The van der Waals surface area contributed by atoms with Crippen LogP contribution in [0.2, 0.25) is 0 Å². The molecule has 1 aliphatic carbocycles. The van der Waals surface area contributed by atoms with Gasteiger partial charge in [0, 0.05) is 10.9 Å². The molecule has 0 aromatic carbocycles. The van der Waals surface area contributed by atoms with Crippen LogP contribution in [0.5, 0.6) is 0 Å². The zero-order valence-electron chi connectivity index (χ0n) is 10.1. The van der Waals surface area contributed by atoms with Gasteiger partial charge >= 0.3 is 0 Å². The van der Waals surface area contributed by atoms with Crippen LogP contribution in [-0.2, 0) is 6.54 Å². The molecule has 0 amide bonds. The summed E-state index contributed by atoms with van der Waals surface area (Å²) in [4.78, 5) is 5.69. The third-order valence-corrected chi connectivity index (χ3v) is 4.08. The lowest BCUT2D eigenvalue weighted by atomic mass is 10.2. The molecule has 0 spiro atoms. The first-order valence-electron chi connectivity index (χ1n) is 5.85. The van der Waals surface area contributed by atoms with Crippen molar-refractivity contribution in [2.75, 3.05) is 0 Å². The van der Waals surface area contributed by atoms with E-state index in [0.29, 0.717) is 18.5 Å². The lowest BCUT2D eigenvalue weighted by Gasteiger charge is -2.11. The molecule has 0 aliphatic heterocycles. The second-order valence-corrected chi connectivity index (χ2v) is 5.35. The molecule has 0 atom stereocenters. The number of aryl methyl sites for hydroxylation is 1. The molecule has 0 radical (unpaired) electrons. The van der Waals surface area contributed by atoms with Crippen molar-refractivity contribution in [2.45, 2.75) is 45.2 Å².